The first-order chi connectivity index (χ1) is 15.8. The predicted molar refractivity (Wildman–Crippen MR) is 129 cm³/mol. The largest absolute Gasteiger partial charge is 0.320 e. The van der Waals surface area contributed by atoms with Crippen molar-refractivity contribution in [3.05, 3.63) is 68.9 Å². The van der Waals surface area contributed by atoms with Crippen LogP contribution in [0.4, 0.5) is 5.69 Å². The Hall–Kier alpha value is -2.79. The lowest BCUT2D eigenvalue weighted by atomic mass is 10.2. The molecule has 1 fully saturated rings. The molecular weight excluding hydrogens is 484 g/mol. The fraction of sp³-hybridized carbons (Fsp3) is 0.227. The summed E-state index contributed by atoms with van der Waals surface area (Å²) >= 11 is 7.34. The van der Waals surface area contributed by atoms with Crippen LogP contribution in [0.2, 0.25) is 5.02 Å². The molecule has 0 unspecified atom stereocenters. The third-order valence-electron chi connectivity index (χ3n) is 5.58. The minimum Gasteiger partial charge on any atom is -0.320 e. The number of fused-ring (bicyclic) bond motifs is 2. The molecule has 4 aromatic rings. The van der Waals surface area contributed by atoms with Crippen molar-refractivity contribution in [3.63, 3.8) is 0 Å². The van der Waals surface area contributed by atoms with Gasteiger partial charge in [-0.05, 0) is 49.2 Å². The predicted octanol–water partition coefficient (Wildman–Crippen LogP) is 3.99. The Labute approximate surface area is 198 Å². The number of thiophene rings is 1. The van der Waals surface area contributed by atoms with E-state index in [0.29, 0.717) is 29.0 Å². The highest BCUT2D eigenvalue weighted by Gasteiger charge is 2.27. The average molecular weight is 503 g/mol. The van der Waals surface area contributed by atoms with Gasteiger partial charge in [-0.1, -0.05) is 24.1 Å². The van der Waals surface area contributed by atoms with Gasteiger partial charge in [-0.15, -0.1) is 11.3 Å². The number of rotatable bonds is 4. The summed E-state index contributed by atoms with van der Waals surface area (Å²) in [6.45, 7) is 0.955. The highest BCUT2D eigenvalue weighted by molar-refractivity contribution is 7.89. The van der Waals surface area contributed by atoms with Crippen LogP contribution in [-0.2, 0) is 10.0 Å². The van der Waals surface area contributed by atoms with Gasteiger partial charge in [-0.25, -0.2) is 13.4 Å². The van der Waals surface area contributed by atoms with Crippen molar-refractivity contribution in [1.82, 2.24) is 13.7 Å². The van der Waals surface area contributed by atoms with E-state index in [1.807, 2.05) is 0 Å². The van der Waals surface area contributed by atoms with Crippen molar-refractivity contribution in [3.8, 4) is 0 Å². The summed E-state index contributed by atoms with van der Waals surface area (Å²) in [6.07, 6.45) is 4.28. The summed E-state index contributed by atoms with van der Waals surface area (Å²) < 4.78 is 28.9. The maximum atomic E-state index is 13.0. The Morgan fingerprint density at radius 3 is 2.67 bits per heavy atom. The van der Waals surface area contributed by atoms with E-state index in [0.717, 1.165) is 30.6 Å². The molecule has 1 aliphatic rings. The lowest BCUT2D eigenvalue weighted by molar-refractivity contribution is 0.103. The van der Waals surface area contributed by atoms with E-state index in [-0.39, 0.29) is 26.0 Å². The van der Waals surface area contributed by atoms with Crippen molar-refractivity contribution < 1.29 is 13.2 Å². The van der Waals surface area contributed by atoms with Crippen LogP contribution in [0.1, 0.15) is 28.9 Å². The summed E-state index contributed by atoms with van der Waals surface area (Å²) in [6, 6.07) is 11.0. The van der Waals surface area contributed by atoms with Gasteiger partial charge in [0.1, 0.15) is 10.5 Å². The minimum atomic E-state index is -3.68. The molecule has 8 nitrogen and oxygen atoms in total. The first-order valence-electron chi connectivity index (χ1n) is 10.4. The molecule has 0 atom stereocenters. The van der Waals surface area contributed by atoms with E-state index in [1.165, 1.54) is 33.0 Å². The van der Waals surface area contributed by atoms with Crippen molar-refractivity contribution in [2.24, 2.45) is 0 Å². The lowest BCUT2D eigenvalue weighted by Crippen LogP contribution is -2.35. The zero-order valence-electron chi connectivity index (χ0n) is 17.3. The Balaban J connectivity index is 1.47. The van der Waals surface area contributed by atoms with Crippen LogP contribution in [0.15, 0.2) is 58.4 Å². The number of nitrogens with zero attached hydrogens (tertiary/aromatic N) is 3. The van der Waals surface area contributed by atoms with Crippen LogP contribution in [0.5, 0.6) is 0 Å². The SMILES string of the molecule is O=C(Nc1cc(S(=O)(=O)N2CCCCC2)ccc1Cl)c1cc2c(=O)n3ccccc3nc2s1. The number of nitrogens with one attached hydrogen (secondary N) is 1. The molecule has 33 heavy (non-hydrogen) atoms. The van der Waals surface area contributed by atoms with Gasteiger partial charge in [-0.3, -0.25) is 14.0 Å². The molecule has 1 aliphatic heterocycles. The Bertz CT molecular complexity index is 1560. The third kappa shape index (κ3) is 4.04. The minimum absolute atomic E-state index is 0.0756. The molecule has 1 aromatic carbocycles. The molecule has 3 aromatic heterocycles. The maximum Gasteiger partial charge on any atom is 0.266 e. The van der Waals surface area contributed by atoms with Gasteiger partial charge in [0, 0.05) is 19.3 Å². The number of amides is 1. The molecule has 0 bridgehead atoms. The fourth-order valence-corrected chi connectivity index (χ4v) is 6.49. The van der Waals surface area contributed by atoms with Crippen molar-refractivity contribution in [2.45, 2.75) is 24.2 Å². The second-order valence-electron chi connectivity index (χ2n) is 7.74. The standard InChI is InChI=1S/C22H19ClN4O4S2/c23-16-8-7-14(33(30,31)26-9-3-1-4-10-26)12-17(16)24-20(28)18-13-15-21(32-18)25-19-6-2-5-11-27(19)22(15)29/h2,5-8,11-13H,1,3-4,9-10H2,(H,24,28). The fourth-order valence-electron chi connectivity index (χ4n) is 3.86. The first-order valence-corrected chi connectivity index (χ1v) is 13.0. The second-order valence-corrected chi connectivity index (χ2v) is 11.1. The number of pyridine rings is 1. The second kappa shape index (κ2) is 8.53. The number of carbonyl (C=O) groups excluding carboxylic acids is 1. The molecule has 0 radical (unpaired) electrons. The van der Waals surface area contributed by atoms with Crippen LogP contribution in [-0.4, -0.2) is 41.1 Å². The zero-order valence-corrected chi connectivity index (χ0v) is 19.7. The topological polar surface area (TPSA) is 101 Å². The number of anilines is 1. The van der Waals surface area contributed by atoms with Crippen molar-refractivity contribution in [2.75, 3.05) is 18.4 Å². The van der Waals surface area contributed by atoms with Crippen LogP contribution in [0.25, 0.3) is 15.9 Å². The smallest absolute Gasteiger partial charge is 0.266 e. The summed E-state index contributed by atoms with van der Waals surface area (Å²) in [5.74, 6) is -0.499. The molecule has 0 aliphatic carbocycles. The van der Waals surface area contributed by atoms with E-state index in [4.69, 9.17) is 11.6 Å². The normalized spacial score (nSPS) is 15.2. The van der Waals surface area contributed by atoms with Crippen LogP contribution in [0.3, 0.4) is 0 Å². The van der Waals surface area contributed by atoms with E-state index in [1.54, 1.807) is 24.4 Å². The molecule has 4 heterocycles. The molecule has 1 amide bonds. The highest BCUT2D eigenvalue weighted by Crippen LogP contribution is 2.30. The van der Waals surface area contributed by atoms with E-state index >= 15 is 0 Å². The average Bonchev–Trinajstić information content (AvgIpc) is 3.26. The molecule has 1 saturated heterocycles. The number of hydrogen-bond donors (Lipinski definition) is 1. The summed E-state index contributed by atoms with van der Waals surface area (Å²) in [5, 5.41) is 3.23. The summed E-state index contributed by atoms with van der Waals surface area (Å²) in [7, 11) is -3.68. The number of hydrogen-bond acceptors (Lipinski definition) is 6. The molecule has 11 heteroatoms. The molecule has 0 spiro atoms. The van der Waals surface area contributed by atoms with E-state index < -0.39 is 15.9 Å². The quantitative estimate of drug-likeness (QED) is 0.454. The van der Waals surface area contributed by atoms with Crippen LogP contribution < -0.4 is 10.9 Å². The Morgan fingerprint density at radius 1 is 1.09 bits per heavy atom. The van der Waals surface area contributed by atoms with Gasteiger partial charge in [0.2, 0.25) is 10.0 Å². The van der Waals surface area contributed by atoms with Gasteiger partial charge >= 0.3 is 0 Å². The van der Waals surface area contributed by atoms with Crippen LogP contribution in [0, 0.1) is 0 Å². The van der Waals surface area contributed by atoms with Gasteiger partial charge in [0.15, 0.2) is 0 Å². The van der Waals surface area contributed by atoms with E-state index in [9.17, 15) is 18.0 Å². The van der Waals surface area contributed by atoms with Gasteiger partial charge in [0.05, 0.1) is 25.9 Å². The van der Waals surface area contributed by atoms with Gasteiger partial charge < -0.3 is 5.32 Å². The number of piperidine rings is 1. The highest BCUT2D eigenvalue weighted by atomic mass is 35.5. The Kier molecular flexibility index (Phi) is 5.69. The van der Waals surface area contributed by atoms with Gasteiger partial charge in [0.25, 0.3) is 11.5 Å². The van der Waals surface area contributed by atoms with Crippen molar-refractivity contribution >= 4 is 60.4 Å². The summed E-state index contributed by atoms with van der Waals surface area (Å²) in [5.41, 5.74) is 0.410. The molecule has 5 rings (SSSR count). The lowest BCUT2D eigenvalue weighted by Gasteiger charge is -2.26. The number of halogens is 1. The molecule has 1 N–H and O–H groups in total. The molecule has 0 saturated carbocycles. The number of carbonyl (C=O) groups is 1. The molecule has 170 valence electrons. The Morgan fingerprint density at radius 2 is 1.88 bits per heavy atom. The number of sulfonamides is 1. The monoisotopic (exact) mass is 502 g/mol. The first kappa shape index (κ1) is 22.0. The van der Waals surface area contributed by atoms with E-state index in [2.05, 4.69) is 10.3 Å². The van der Waals surface area contributed by atoms with Gasteiger partial charge in [-0.2, -0.15) is 4.31 Å². The molecular formula is C22H19ClN4O4S2. The number of benzene rings is 1. The maximum absolute atomic E-state index is 13.0. The van der Waals surface area contributed by atoms with Crippen molar-refractivity contribution in [1.29, 1.82) is 0 Å². The third-order valence-corrected chi connectivity index (χ3v) is 8.83. The van der Waals surface area contributed by atoms with Crippen LogP contribution >= 0.6 is 22.9 Å². The zero-order chi connectivity index (χ0) is 23.2. The summed E-state index contributed by atoms with van der Waals surface area (Å²) in [4.78, 5) is 30.9. The number of aromatic nitrogens is 2.